The van der Waals surface area contributed by atoms with Gasteiger partial charge in [-0.3, -0.25) is 0 Å². The molecule has 0 spiro atoms. The van der Waals surface area contributed by atoms with E-state index in [0.29, 0.717) is 19.4 Å². The van der Waals surface area contributed by atoms with Gasteiger partial charge in [-0.15, -0.1) is 10.2 Å². The molecule has 0 radical (unpaired) electrons. The molecule has 2 aromatic rings. The summed E-state index contributed by atoms with van der Waals surface area (Å²) in [6.45, 7) is 0.426. The Hall–Kier alpha value is -1.89. The first-order chi connectivity index (χ1) is 10.1. The fraction of sp³-hybridized carbons (Fsp3) is 0.429. The van der Waals surface area contributed by atoms with Crippen LogP contribution >= 0.6 is 0 Å². The number of para-hydroxylation sites is 1. The molecule has 0 bridgehead atoms. The Morgan fingerprint density at radius 2 is 2.05 bits per heavy atom. The first-order valence-electron chi connectivity index (χ1n) is 6.82. The third kappa shape index (κ3) is 2.92. The highest BCUT2D eigenvalue weighted by Gasteiger charge is 2.22. The molecule has 0 N–H and O–H groups in total. The SMILES string of the molecule is COc1ccccc1Cc1nnc2n1CCS(=O)(=O)CC2. The summed E-state index contributed by atoms with van der Waals surface area (Å²) in [6.07, 6.45) is 1.01. The molecule has 21 heavy (non-hydrogen) atoms. The number of nitrogens with zero attached hydrogens (tertiary/aromatic N) is 3. The van der Waals surface area contributed by atoms with Crippen molar-refractivity contribution in [3.05, 3.63) is 41.5 Å². The van der Waals surface area contributed by atoms with E-state index in [1.807, 2.05) is 28.8 Å². The Morgan fingerprint density at radius 3 is 2.86 bits per heavy atom. The van der Waals surface area contributed by atoms with E-state index in [4.69, 9.17) is 4.74 Å². The van der Waals surface area contributed by atoms with Crippen LogP contribution in [0.1, 0.15) is 17.2 Å². The van der Waals surface area contributed by atoms with Crippen molar-refractivity contribution in [3.8, 4) is 5.75 Å². The second-order valence-electron chi connectivity index (χ2n) is 5.07. The number of fused-ring (bicyclic) bond motifs is 1. The summed E-state index contributed by atoms with van der Waals surface area (Å²) in [5.41, 5.74) is 1.02. The second-order valence-corrected chi connectivity index (χ2v) is 7.38. The van der Waals surface area contributed by atoms with Crippen LogP contribution in [0.5, 0.6) is 5.75 Å². The molecule has 2 heterocycles. The molecule has 0 atom stereocenters. The number of hydrogen-bond acceptors (Lipinski definition) is 5. The average Bonchev–Trinajstić information content (AvgIpc) is 2.78. The summed E-state index contributed by atoms with van der Waals surface area (Å²) in [4.78, 5) is 0. The monoisotopic (exact) mass is 307 g/mol. The van der Waals surface area contributed by atoms with Crippen molar-refractivity contribution in [2.24, 2.45) is 0 Å². The van der Waals surface area contributed by atoms with Gasteiger partial charge in [0.25, 0.3) is 0 Å². The third-order valence-corrected chi connectivity index (χ3v) is 5.34. The van der Waals surface area contributed by atoms with Gasteiger partial charge in [-0.2, -0.15) is 0 Å². The van der Waals surface area contributed by atoms with Gasteiger partial charge in [0.15, 0.2) is 9.84 Å². The highest BCUT2D eigenvalue weighted by atomic mass is 32.2. The maximum atomic E-state index is 11.7. The molecule has 6 nitrogen and oxygen atoms in total. The average molecular weight is 307 g/mol. The number of rotatable bonds is 3. The van der Waals surface area contributed by atoms with Gasteiger partial charge in [0, 0.05) is 24.9 Å². The van der Waals surface area contributed by atoms with E-state index in [1.165, 1.54) is 0 Å². The molecule has 1 aliphatic rings. The zero-order chi connectivity index (χ0) is 14.9. The van der Waals surface area contributed by atoms with Crippen molar-refractivity contribution in [2.45, 2.75) is 19.4 Å². The Labute approximate surface area is 123 Å². The molecule has 112 valence electrons. The summed E-state index contributed by atoms with van der Waals surface area (Å²) in [7, 11) is -1.34. The minimum atomic E-state index is -2.97. The Morgan fingerprint density at radius 1 is 1.24 bits per heavy atom. The van der Waals surface area contributed by atoms with Gasteiger partial charge in [-0.1, -0.05) is 18.2 Å². The first kappa shape index (κ1) is 14.1. The Kier molecular flexibility index (Phi) is 3.67. The molecule has 0 aliphatic carbocycles. The molecule has 0 saturated heterocycles. The molecular weight excluding hydrogens is 290 g/mol. The zero-order valence-corrected chi connectivity index (χ0v) is 12.6. The molecule has 0 fully saturated rings. The normalized spacial score (nSPS) is 17.0. The number of benzene rings is 1. The highest BCUT2D eigenvalue weighted by molar-refractivity contribution is 7.91. The van der Waals surface area contributed by atoms with Gasteiger partial charge < -0.3 is 9.30 Å². The molecule has 7 heteroatoms. The maximum absolute atomic E-state index is 11.7. The molecule has 1 aromatic carbocycles. The number of ether oxygens (including phenoxy) is 1. The van der Waals surface area contributed by atoms with E-state index in [0.717, 1.165) is 23.0 Å². The molecule has 0 unspecified atom stereocenters. The highest BCUT2D eigenvalue weighted by Crippen LogP contribution is 2.21. The smallest absolute Gasteiger partial charge is 0.152 e. The van der Waals surface area contributed by atoms with Gasteiger partial charge in [-0.05, 0) is 6.07 Å². The summed E-state index contributed by atoms with van der Waals surface area (Å²) >= 11 is 0. The van der Waals surface area contributed by atoms with Crippen molar-refractivity contribution in [1.29, 1.82) is 0 Å². The van der Waals surface area contributed by atoms with Crippen molar-refractivity contribution in [1.82, 2.24) is 14.8 Å². The van der Waals surface area contributed by atoms with E-state index < -0.39 is 9.84 Å². The minimum Gasteiger partial charge on any atom is -0.496 e. The Balaban J connectivity index is 1.90. The van der Waals surface area contributed by atoms with Crippen molar-refractivity contribution < 1.29 is 13.2 Å². The lowest BCUT2D eigenvalue weighted by molar-refractivity contribution is 0.410. The van der Waals surface area contributed by atoms with Gasteiger partial charge in [0.2, 0.25) is 0 Å². The van der Waals surface area contributed by atoms with E-state index in [-0.39, 0.29) is 11.5 Å². The summed E-state index contributed by atoms with van der Waals surface area (Å²) in [6, 6.07) is 7.74. The minimum absolute atomic E-state index is 0.150. The van der Waals surface area contributed by atoms with Crippen LogP contribution in [0.2, 0.25) is 0 Å². The number of aryl methyl sites for hydroxylation is 1. The largest absolute Gasteiger partial charge is 0.496 e. The third-order valence-electron chi connectivity index (χ3n) is 3.71. The first-order valence-corrected chi connectivity index (χ1v) is 8.64. The zero-order valence-electron chi connectivity index (χ0n) is 11.8. The van der Waals surface area contributed by atoms with E-state index in [2.05, 4.69) is 10.2 Å². The number of aromatic nitrogens is 3. The lowest BCUT2D eigenvalue weighted by Gasteiger charge is -2.09. The fourth-order valence-corrected chi connectivity index (χ4v) is 3.70. The van der Waals surface area contributed by atoms with E-state index in [9.17, 15) is 8.42 Å². The van der Waals surface area contributed by atoms with Gasteiger partial charge in [0.1, 0.15) is 17.4 Å². The number of sulfone groups is 1. The van der Waals surface area contributed by atoms with Gasteiger partial charge in [-0.25, -0.2) is 8.42 Å². The summed E-state index contributed by atoms with van der Waals surface area (Å²) in [5.74, 6) is 2.64. The van der Waals surface area contributed by atoms with Crippen LogP contribution in [0.4, 0.5) is 0 Å². The van der Waals surface area contributed by atoms with Crippen molar-refractivity contribution in [2.75, 3.05) is 18.6 Å². The van der Waals surface area contributed by atoms with E-state index in [1.54, 1.807) is 7.11 Å². The van der Waals surface area contributed by atoms with Crippen LogP contribution in [0.3, 0.4) is 0 Å². The Bertz CT molecular complexity index is 753. The molecule has 1 aliphatic heterocycles. The van der Waals surface area contributed by atoms with Gasteiger partial charge >= 0.3 is 0 Å². The lowest BCUT2D eigenvalue weighted by Crippen LogP contribution is -2.13. The topological polar surface area (TPSA) is 74.1 Å². The molecule has 0 amide bonds. The molecule has 3 rings (SSSR count). The van der Waals surface area contributed by atoms with Crippen LogP contribution in [-0.4, -0.2) is 41.8 Å². The van der Waals surface area contributed by atoms with Crippen LogP contribution in [0, 0.1) is 0 Å². The predicted molar refractivity (Wildman–Crippen MR) is 78.2 cm³/mol. The van der Waals surface area contributed by atoms with Crippen molar-refractivity contribution in [3.63, 3.8) is 0 Å². The lowest BCUT2D eigenvalue weighted by atomic mass is 10.1. The quantitative estimate of drug-likeness (QED) is 0.840. The maximum Gasteiger partial charge on any atom is 0.152 e. The van der Waals surface area contributed by atoms with Crippen LogP contribution < -0.4 is 4.74 Å². The van der Waals surface area contributed by atoms with Crippen LogP contribution in [0.15, 0.2) is 24.3 Å². The van der Waals surface area contributed by atoms with E-state index >= 15 is 0 Å². The summed E-state index contributed by atoms with van der Waals surface area (Å²) < 4.78 is 30.7. The number of hydrogen-bond donors (Lipinski definition) is 0. The molecule has 0 saturated carbocycles. The van der Waals surface area contributed by atoms with Crippen LogP contribution in [-0.2, 0) is 29.2 Å². The van der Waals surface area contributed by atoms with Crippen molar-refractivity contribution >= 4 is 9.84 Å². The molecular formula is C14H17N3O3S. The predicted octanol–water partition coefficient (Wildman–Crippen LogP) is 0.848. The van der Waals surface area contributed by atoms with Gasteiger partial charge in [0.05, 0.1) is 18.6 Å². The second kappa shape index (κ2) is 5.48. The fourth-order valence-electron chi connectivity index (χ4n) is 2.54. The van der Waals surface area contributed by atoms with Crippen LogP contribution in [0.25, 0.3) is 0 Å². The standard InChI is InChI=1S/C14H17N3O3S/c1-20-12-5-3-2-4-11(12)10-14-16-15-13-6-8-21(18,19)9-7-17(13)14/h2-5H,6-10H2,1H3. The number of methoxy groups -OCH3 is 1. The molecule has 1 aromatic heterocycles. The summed E-state index contributed by atoms with van der Waals surface area (Å²) in [5, 5.41) is 8.36.